The molecule has 0 saturated carbocycles. The predicted molar refractivity (Wildman–Crippen MR) is 115 cm³/mol. The lowest BCUT2D eigenvalue weighted by molar-refractivity contribution is -0.168. The van der Waals surface area contributed by atoms with E-state index in [1.54, 1.807) is 0 Å². The summed E-state index contributed by atoms with van der Waals surface area (Å²) in [6.45, 7) is 7.35. The standard InChI is InChI=1S/C24H34O6/c1-15-5-7-19(9-17(15)3)13-29-22(12-26)23(28)24(21(27)11-25)30-14-20-8-6-16(2)18(4)10-20/h5-10,21-28H,11-14H2,1-4H3/t21-,22+,23-,24-/m1/s1. The number of aliphatic hydroxyl groups is 4. The molecule has 0 saturated heterocycles. The zero-order valence-corrected chi connectivity index (χ0v) is 18.2. The smallest absolute Gasteiger partial charge is 0.115 e. The zero-order chi connectivity index (χ0) is 22.3. The van der Waals surface area contributed by atoms with Gasteiger partial charge in [0.15, 0.2) is 0 Å². The van der Waals surface area contributed by atoms with Crippen LogP contribution in [0.1, 0.15) is 33.4 Å². The van der Waals surface area contributed by atoms with Gasteiger partial charge in [-0.25, -0.2) is 0 Å². The molecule has 0 aliphatic heterocycles. The fourth-order valence-electron chi connectivity index (χ4n) is 3.19. The second kappa shape index (κ2) is 11.6. The molecule has 0 radical (unpaired) electrons. The molecule has 0 spiro atoms. The molecule has 0 aliphatic rings. The quantitative estimate of drug-likeness (QED) is 0.446. The van der Waals surface area contributed by atoms with Gasteiger partial charge in [0, 0.05) is 0 Å². The lowest BCUT2D eigenvalue weighted by Gasteiger charge is -2.31. The summed E-state index contributed by atoms with van der Waals surface area (Å²) in [5, 5.41) is 40.1. The molecular formula is C24H34O6. The van der Waals surface area contributed by atoms with Crippen molar-refractivity contribution in [3.63, 3.8) is 0 Å². The van der Waals surface area contributed by atoms with Crippen molar-refractivity contribution in [3.8, 4) is 0 Å². The van der Waals surface area contributed by atoms with Gasteiger partial charge >= 0.3 is 0 Å². The van der Waals surface area contributed by atoms with Gasteiger partial charge in [-0.2, -0.15) is 0 Å². The first-order valence-corrected chi connectivity index (χ1v) is 10.2. The summed E-state index contributed by atoms with van der Waals surface area (Å²) in [6.07, 6.45) is -4.73. The second-order valence-corrected chi connectivity index (χ2v) is 7.89. The molecular weight excluding hydrogens is 384 g/mol. The Morgan fingerprint density at radius 1 is 0.700 bits per heavy atom. The van der Waals surface area contributed by atoms with Crippen LogP contribution in [0.15, 0.2) is 36.4 Å². The van der Waals surface area contributed by atoms with Crippen LogP contribution < -0.4 is 0 Å². The van der Waals surface area contributed by atoms with E-state index in [1.807, 2.05) is 64.1 Å². The van der Waals surface area contributed by atoms with Crippen molar-refractivity contribution in [2.24, 2.45) is 0 Å². The van der Waals surface area contributed by atoms with Crippen LogP contribution in [-0.4, -0.2) is 58.1 Å². The number of hydrogen-bond donors (Lipinski definition) is 4. The van der Waals surface area contributed by atoms with Gasteiger partial charge in [-0.05, 0) is 61.1 Å². The van der Waals surface area contributed by atoms with Gasteiger partial charge in [-0.15, -0.1) is 0 Å². The molecule has 0 unspecified atom stereocenters. The van der Waals surface area contributed by atoms with Crippen LogP contribution in [-0.2, 0) is 22.7 Å². The third-order valence-corrected chi connectivity index (χ3v) is 5.51. The molecule has 0 bridgehead atoms. The van der Waals surface area contributed by atoms with E-state index in [-0.39, 0.29) is 13.2 Å². The summed E-state index contributed by atoms with van der Waals surface area (Å²) < 4.78 is 11.5. The zero-order valence-electron chi connectivity index (χ0n) is 18.2. The van der Waals surface area contributed by atoms with Crippen molar-refractivity contribution in [1.82, 2.24) is 0 Å². The first-order valence-electron chi connectivity index (χ1n) is 10.2. The Kier molecular flexibility index (Phi) is 9.42. The lowest BCUT2D eigenvalue weighted by atomic mass is 10.0. The average Bonchev–Trinajstić information content (AvgIpc) is 2.73. The minimum Gasteiger partial charge on any atom is -0.394 e. The number of hydrogen-bond acceptors (Lipinski definition) is 6. The maximum atomic E-state index is 10.7. The lowest BCUT2D eigenvalue weighted by Crippen LogP contribution is -2.49. The van der Waals surface area contributed by atoms with Crippen molar-refractivity contribution in [3.05, 3.63) is 69.8 Å². The Hall–Kier alpha value is -1.80. The van der Waals surface area contributed by atoms with E-state index in [0.29, 0.717) is 0 Å². The molecule has 6 nitrogen and oxygen atoms in total. The number of aliphatic hydroxyl groups excluding tert-OH is 4. The van der Waals surface area contributed by atoms with Gasteiger partial charge in [-0.3, -0.25) is 0 Å². The normalized spacial score (nSPS) is 15.6. The summed E-state index contributed by atoms with van der Waals surface area (Å²) in [7, 11) is 0. The molecule has 2 aromatic rings. The van der Waals surface area contributed by atoms with Crippen molar-refractivity contribution >= 4 is 0 Å². The van der Waals surface area contributed by atoms with Crippen LogP contribution in [0, 0.1) is 27.7 Å². The van der Waals surface area contributed by atoms with Gasteiger partial charge in [0.25, 0.3) is 0 Å². The summed E-state index contributed by atoms with van der Waals surface area (Å²) in [5.41, 5.74) is 6.37. The summed E-state index contributed by atoms with van der Waals surface area (Å²) in [4.78, 5) is 0. The Morgan fingerprint density at radius 2 is 1.20 bits per heavy atom. The summed E-state index contributed by atoms with van der Waals surface area (Å²) in [6, 6.07) is 11.8. The van der Waals surface area contributed by atoms with E-state index in [0.717, 1.165) is 27.8 Å². The highest BCUT2D eigenvalue weighted by atomic mass is 16.5. The Bertz CT molecular complexity index is 806. The molecule has 0 aliphatic carbocycles. The summed E-state index contributed by atoms with van der Waals surface area (Å²) >= 11 is 0. The Balaban J connectivity index is 2.05. The van der Waals surface area contributed by atoms with Gasteiger partial charge in [0.1, 0.15) is 24.4 Å². The van der Waals surface area contributed by atoms with Crippen molar-refractivity contribution < 1.29 is 29.9 Å². The highest BCUT2D eigenvalue weighted by Crippen LogP contribution is 2.18. The van der Waals surface area contributed by atoms with Crippen molar-refractivity contribution in [2.45, 2.75) is 65.3 Å². The summed E-state index contributed by atoms with van der Waals surface area (Å²) in [5.74, 6) is 0. The van der Waals surface area contributed by atoms with Crippen LogP contribution in [0.3, 0.4) is 0 Å². The van der Waals surface area contributed by atoms with E-state index in [4.69, 9.17) is 9.47 Å². The molecule has 0 aromatic heterocycles. The van der Waals surface area contributed by atoms with Crippen molar-refractivity contribution in [1.29, 1.82) is 0 Å². The van der Waals surface area contributed by atoms with E-state index < -0.39 is 37.6 Å². The van der Waals surface area contributed by atoms with Gasteiger partial charge in [-0.1, -0.05) is 36.4 Å². The first-order chi connectivity index (χ1) is 14.3. The molecule has 6 heteroatoms. The van der Waals surface area contributed by atoms with E-state index in [9.17, 15) is 20.4 Å². The van der Waals surface area contributed by atoms with Crippen LogP contribution >= 0.6 is 0 Å². The number of ether oxygens (including phenoxy) is 2. The highest BCUT2D eigenvalue weighted by Gasteiger charge is 2.34. The second-order valence-electron chi connectivity index (χ2n) is 7.89. The van der Waals surface area contributed by atoms with Gasteiger partial charge in [0.2, 0.25) is 0 Å². The molecule has 30 heavy (non-hydrogen) atoms. The number of aryl methyl sites for hydroxylation is 4. The molecule has 2 aromatic carbocycles. The molecule has 4 N–H and O–H groups in total. The van der Waals surface area contributed by atoms with Crippen molar-refractivity contribution in [2.75, 3.05) is 13.2 Å². The van der Waals surface area contributed by atoms with Crippen LogP contribution in [0.4, 0.5) is 0 Å². The van der Waals surface area contributed by atoms with Crippen LogP contribution in [0.25, 0.3) is 0 Å². The molecule has 0 heterocycles. The van der Waals surface area contributed by atoms with E-state index in [1.165, 1.54) is 5.56 Å². The number of rotatable bonds is 11. The minimum atomic E-state index is -1.32. The fraction of sp³-hybridized carbons (Fsp3) is 0.500. The third kappa shape index (κ3) is 6.60. The van der Waals surface area contributed by atoms with E-state index >= 15 is 0 Å². The Morgan fingerprint density at radius 3 is 1.63 bits per heavy atom. The minimum absolute atomic E-state index is 0.148. The SMILES string of the molecule is Cc1ccc(CO[C@@H]([C@H](O)[C@H](CO)OCc2ccc(C)c(C)c2)[C@H](O)CO)cc1C. The van der Waals surface area contributed by atoms with Gasteiger partial charge in [0.05, 0.1) is 26.4 Å². The van der Waals surface area contributed by atoms with Gasteiger partial charge < -0.3 is 29.9 Å². The predicted octanol–water partition coefficient (Wildman–Crippen LogP) is 2.10. The van der Waals surface area contributed by atoms with E-state index in [2.05, 4.69) is 0 Å². The molecule has 0 amide bonds. The van der Waals surface area contributed by atoms with Crippen LogP contribution in [0.5, 0.6) is 0 Å². The topological polar surface area (TPSA) is 99.4 Å². The maximum Gasteiger partial charge on any atom is 0.115 e. The molecule has 0 fully saturated rings. The monoisotopic (exact) mass is 418 g/mol. The molecule has 166 valence electrons. The first kappa shape index (κ1) is 24.5. The average molecular weight is 419 g/mol. The maximum absolute atomic E-state index is 10.7. The fourth-order valence-corrected chi connectivity index (χ4v) is 3.19. The third-order valence-electron chi connectivity index (χ3n) is 5.51. The molecule has 4 atom stereocenters. The molecule has 2 rings (SSSR count). The van der Waals surface area contributed by atoms with Crippen LogP contribution in [0.2, 0.25) is 0 Å². The Labute approximate surface area is 178 Å². The highest BCUT2D eigenvalue weighted by molar-refractivity contribution is 5.30. The number of benzene rings is 2. The largest absolute Gasteiger partial charge is 0.394 e.